The molecular formula is C8H12F3N3O3S2. The molecule has 0 aliphatic rings. The van der Waals surface area contributed by atoms with Crippen LogP contribution in [0.4, 0.5) is 13.2 Å². The van der Waals surface area contributed by atoms with Crippen molar-refractivity contribution in [1.29, 1.82) is 0 Å². The minimum atomic E-state index is -4.40. The number of alkyl halides is 3. The van der Waals surface area contributed by atoms with E-state index in [-0.39, 0.29) is 23.9 Å². The van der Waals surface area contributed by atoms with Crippen molar-refractivity contribution in [2.45, 2.75) is 24.1 Å². The Balaban J connectivity index is 2.66. The van der Waals surface area contributed by atoms with Crippen LogP contribution in [0.15, 0.2) is 5.03 Å². The van der Waals surface area contributed by atoms with Gasteiger partial charge in [-0.2, -0.15) is 18.3 Å². The van der Waals surface area contributed by atoms with Crippen LogP contribution in [0.25, 0.3) is 0 Å². The summed E-state index contributed by atoms with van der Waals surface area (Å²) in [6.07, 6.45) is 0. The molecule has 6 nitrogen and oxygen atoms in total. The third-order valence-electron chi connectivity index (χ3n) is 2.11. The zero-order valence-corrected chi connectivity index (χ0v) is 11.4. The van der Waals surface area contributed by atoms with Crippen molar-refractivity contribution < 1.29 is 26.7 Å². The second-order valence-corrected chi connectivity index (χ2v) is 6.32. The SMILES string of the molecule is Cc1[nH]nc(S(=O)(=O)NCCSC(F)(F)F)c1CO. The molecule has 0 fully saturated rings. The van der Waals surface area contributed by atoms with Crippen molar-refractivity contribution in [3.05, 3.63) is 11.3 Å². The van der Waals surface area contributed by atoms with Gasteiger partial charge in [-0.05, 0) is 18.7 Å². The van der Waals surface area contributed by atoms with Crippen LogP contribution in [0.3, 0.4) is 0 Å². The van der Waals surface area contributed by atoms with Gasteiger partial charge < -0.3 is 5.11 Å². The lowest BCUT2D eigenvalue weighted by molar-refractivity contribution is -0.0327. The van der Waals surface area contributed by atoms with Gasteiger partial charge in [0.25, 0.3) is 10.0 Å². The van der Waals surface area contributed by atoms with Gasteiger partial charge >= 0.3 is 5.51 Å². The van der Waals surface area contributed by atoms with Crippen molar-refractivity contribution in [1.82, 2.24) is 14.9 Å². The molecule has 1 aromatic rings. The first-order valence-corrected chi connectivity index (χ1v) is 7.49. The molecule has 0 spiro atoms. The topological polar surface area (TPSA) is 95.1 Å². The lowest BCUT2D eigenvalue weighted by atomic mass is 10.3. The average Bonchev–Trinajstić information content (AvgIpc) is 2.65. The van der Waals surface area contributed by atoms with Crippen molar-refractivity contribution in [3.63, 3.8) is 0 Å². The maximum Gasteiger partial charge on any atom is 0.441 e. The molecule has 0 aliphatic heterocycles. The number of hydrogen-bond acceptors (Lipinski definition) is 5. The van der Waals surface area contributed by atoms with Crippen LogP contribution in [-0.4, -0.2) is 41.5 Å². The van der Waals surface area contributed by atoms with Gasteiger partial charge in [-0.25, -0.2) is 13.1 Å². The highest BCUT2D eigenvalue weighted by atomic mass is 32.2. The molecule has 1 rings (SSSR count). The number of aliphatic hydroxyl groups is 1. The molecule has 0 aromatic carbocycles. The Morgan fingerprint density at radius 2 is 2.11 bits per heavy atom. The van der Waals surface area contributed by atoms with Crippen LogP contribution < -0.4 is 4.72 Å². The minimum absolute atomic E-state index is 0.0935. The van der Waals surface area contributed by atoms with Crippen molar-refractivity contribution >= 4 is 21.8 Å². The number of aryl methyl sites for hydroxylation is 1. The predicted molar refractivity (Wildman–Crippen MR) is 62.9 cm³/mol. The first-order valence-electron chi connectivity index (χ1n) is 5.02. The third kappa shape index (κ3) is 4.67. The van der Waals surface area contributed by atoms with Crippen LogP contribution in [0.2, 0.25) is 0 Å². The minimum Gasteiger partial charge on any atom is -0.392 e. The second-order valence-electron chi connectivity index (χ2n) is 3.48. The first kappa shape index (κ1) is 16.3. The number of nitrogens with one attached hydrogen (secondary N) is 2. The molecule has 0 aliphatic carbocycles. The average molecular weight is 319 g/mol. The predicted octanol–water partition coefficient (Wildman–Crippen LogP) is 0.742. The third-order valence-corrected chi connectivity index (χ3v) is 4.28. The summed E-state index contributed by atoms with van der Waals surface area (Å²) in [5, 5.41) is 14.5. The molecule has 0 saturated heterocycles. The Labute approximate surface area is 111 Å². The standard InChI is InChI=1S/C8H12F3N3O3S2/c1-5-6(4-15)7(14-13-5)19(16,17)12-2-3-18-8(9,10)11/h12,15H,2-4H2,1H3,(H,13,14). The van der Waals surface area contributed by atoms with Gasteiger partial charge in [0.2, 0.25) is 0 Å². The van der Waals surface area contributed by atoms with Crippen LogP contribution in [0.5, 0.6) is 0 Å². The second kappa shape index (κ2) is 6.11. The quantitative estimate of drug-likeness (QED) is 0.672. The monoisotopic (exact) mass is 319 g/mol. The molecule has 3 N–H and O–H groups in total. The maximum absolute atomic E-state index is 11.9. The zero-order chi connectivity index (χ0) is 14.7. The number of nitrogens with zero attached hydrogens (tertiary/aromatic N) is 1. The van der Waals surface area contributed by atoms with Gasteiger partial charge in [0.1, 0.15) is 0 Å². The number of sulfonamides is 1. The molecule has 0 saturated carbocycles. The normalized spacial score (nSPS) is 12.9. The molecule has 110 valence electrons. The van der Waals surface area contributed by atoms with E-state index in [1.807, 2.05) is 4.72 Å². The van der Waals surface area contributed by atoms with Crippen molar-refractivity contribution in [2.75, 3.05) is 12.3 Å². The van der Waals surface area contributed by atoms with E-state index in [1.54, 1.807) is 0 Å². The Hall–Kier alpha value is -0.780. The Bertz CT molecular complexity index is 527. The Kier molecular flexibility index (Phi) is 5.24. The molecule has 0 bridgehead atoms. The molecule has 19 heavy (non-hydrogen) atoms. The number of aromatic nitrogens is 2. The molecule has 0 amide bonds. The molecule has 1 heterocycles. The van der Waals surface area contributed by atoms with Gasteiger partial charge in [0, 0.05) is 23.6 Å². The van der Waals surface area contributed by atoms with Crippen molar-refractivity contribution in [3.8, 4) is 0 Å². The van der Waals surface area contributed by atoms with E-state index in [2.05, 4.69) is 10.2 Å². The van der Waals surface area contributed by atoms with Crippen molar-refractivity contribution in [2.24, 2.45) is 0 Å². The fourth-order valence-corrected chi connectivity index (χ4v) is 3.03. The fraction of sp³-hybridized carbons (Fsp3) is 0.625. The summed E-state index contributed by atoms with van der Waals surface area (Å²) in [4.78, 5) is 0. The highest BCUT2D eigenvalue weighted by Crippen LogP contribution is 2.29. The summed E-state index contributed by atoms with van der Waals surface area (Å²) in [7, 11) is -4.03. The number of aliphatic hydroxyl groups excluding tert-OH is 1. The van der Waals surface area contributed by atoms with Crippen LogP contribution in [0, 0.1) is 6.92 Å². The highest BCUT2D eigenvalue weighted by molar-refractivity contribution is 8.00. The molecule has 0 unspecified atom stereocenters. The van der Waals surface area contributed by atoms with Crippen LogP contribution in [0.1, 0.15) is 11.3 Å². The van der Waals surface area contributed by atoms with Gasteiger partial charge in [0.05, 0.1) is 6.61 Å². The summed E-state index contributed by atoms with van der Waals surface area (Å²) < 4.78 is 61.1. The zero-order valence-electron chi connectivity index (χ0n) is 9.78. The molecule has 11 heteroatoms. The number of thioether (sulfide) groups is 1. The number of rotatable bonds is 6. The summed E-state index contributed by atoms with van der Waals surface area (Å²) in [6, 6.07) is 0. The number of H-pyrrole nitrogens is 1. The smallest absolute Gasteiger partial charge is 0.392 e. The molecule has 0 atom stereocenters. The molecule has 1 aromatic heterocycles. The van der Waals surface area contributed by atoms with E-state index in [1.165, 1.54) is 6.92 Å². The summed E-state index contributed by atoms with van der Waals surface area (Å²) in [6.45, 7) is 0.607. The Morgan fingerprint density at radius 1 is 1.47 bits per heavy atom. The van der Waals surface area contributed by atoms with E-state index in [9.17, 15) is 21.6 Å². The number of hydrogen-bond donors (Lipinski definition) is 3. The highest BCUT2D eigenvalue weighted by Gasteiger charge is 2.28. The van der Waals surface area contributed by atoms with Gasteiger partial charge in [-0.3, -0.25) is 5.10 Å². The summed E-state index contributed by atoms with van der Waals surface area (Å²) in [5.41, 5.74) is -3.92. The first-order chi connectivity index (χ1) is 8.67. The molecular weight excluding hydrogens is 307 g/mol. The van der Waals surface area contributed by atoms with E-state index < -0.39 is 32.9 Å². The largest absolute Gasteiger partial charge is 0.441 e. The van der Waals surface area contributed by atoms with E-state index in [4.69, 9.17) is 5.11 Å². The van der Waals surface area contributed by atoms with E-state index in [0.717, 1.165) is 0 Å². The fourth-order valence-electron chi connectivity index (χ4n) is 1.25. The summed E-state index contributed by atoms with van der Waals surface area (Å²) in [5.74, 6) is -0.444. The van der Waals surface area contributed by atoms with Gasteiger partial charge in [-0.1, -0.05) is 0 Å². The van der Waals surface area contributed by atoms with Crippen LogP contribution in [-0.2, 0) is 16.6 Å². The van der Waals surface area contributed by atoms with Gasteiger partial charge in [-0.15, -0.1) is 0 Å². The number of aromatic amines is 1. The maximum atomic E-state index is 11.9. The van der Waals surface area contributed by atoms with Crippen LogP contribution >= 0.6 is 11.8 Å². The van der Waals surface area contributed by atoms with E-state index >= 15 is 0 Å². The lowest BCUT2D eigenvalue weighted by Gasteiger charge is -2.07. The van der Waals surface area contributed by atoms with E-state index in [0.29, 0.717) is 5.69 Å². The number of halogens is 3. The molecule has 0 radical (unpaired) electrons. The summed E-state index contributed by atoms with van der Waals surface area (Å²) >= 11 is -0.320. The lowest BCUT2D eigenvalue weighted by Crippen LogP contribution is -2.28. The van der Waals surface area contributed by atoms with Gasteiger partial charge in [0.15, 0.2) is 5.03 Å². The Morgan fingerprint density at radius 3 is 2.63 bits per heavy atom.